The molecule has 1 atom stereocenters. The quantitative estimate of drug-likeness (QED) is 0.242. The first-order valence-corrected chi connectivity index (χ1v) is 11.5. The fraction of sp³-hybridized carbons (Fsp3) is 0.524. The number of hydrogen-bond acceptors (Lipinski definition) is 6. The number of methoxy groups -OCH3 is 1. The van der Waals surface area contributed by atoms with Crippen molar-refractivity contribution in [1.29, 1.82) is 0 Å². The Morgan fingerprint density at radius 2 is 1.89 bits per heavy atom. The predicted octanol–water partition coefficient (Wildman–Crippen LogP) is 4.69. The average molecular weight is 409 g/mol. The maximum Gasteiger partial charge on any atom is 0.401 e. The van der Waals surface area contributed by atoms with E-state index >= 15 is 0 Å². The van der Waals surface area contributed by atoms with Crippen molar-refractivity contribution in [2.24, 2.45) is 5.92 Å². The zero-order valence-electron chi connectivity index (χ0n) is 18.2. The molecule has 0 aliphatic rings. The van der Waals surface area contributed by atoms with E-state index in [-0.39, 0.29) is 34.4 Å². The van der Waals surface area contributed by atoms with Gasteiger partial charge >= 0.3 is 14.5 Å². The highest BCUT2D eigenvalue weighted by Crippen LogP contribution is 2.46. The van der Waals surface area contributed by atoms with Crippen LogP contribution in [0.3, 0.4) is 0 Å². The van der Waals surface area contributed by atoms with Gasteiger partial charge in [0.25, 0.3) is 0 Å². The average Bonchev–Trinajstić information content (AvgIpc) is 2.66. The molecule has 1 unspecified atom stereocenters. The number of carbonyl (C=O) groups is 2. The summed E-state index contributed by atoms with van der Waals surface area (Å²) in [5, 5.41) is -0.274. The lowest BCUT2D eigenvalue weighted by molar-refractivity contribution is 0.0545. The Morgan fingerprint density at radius 1 is 1.29 bits per heavy atom. The lowest BCUT2D eigenvalue weighted by Crippen LogP contribution is -2.53. The normalized spacial score (nSPS) is 13.6. The van der Waals surface area contributed by atoms with Crippen molar-refractivity contribution < 1.29 is 27.9 Å². The van der Waals surface area contributed by atoms with Gasteiger partial charge in [-0.05, 0) is 19.4 Å². The molecule has 6 nitrogen and oxygen atoms in total. The van der Waals surface area contributed by atoms with Gasteiger partial charge in [-0.2, -0.15) is 0 Å². The Bertz CT molecular complexity index is 741. The summed E-state index contributed by atoms with van der Waals surface area (Å²) >= 11 is 0. The van der Waals surface area contributed by atoms with E-state index in [9.17, 15) is 9.59 Å². The van der Waals surface area contributed by atoms with E-state index in [0.29, 0.717) is 17.6 Å². The molecule has 0 spiro atoms. The molecule has 0 aliphatic carbocycles. The zero-order valence-corrected chi connectivity index (χ0v) is 19.2. The van der Waals surface area contributed by atoms with Crippen LogP contribution in [-0.2, 0) is 9.16 Å². The minimum absolute atomic E-state index is 0.0366. The number of benzene rings is 1. The van der Waals surface area contributed by atoms with Crippen LogP contribution in [0, 0.1) is 12.8 Å². The van der Waals surface area contributed by atoms with Gasteiger partial charge in [-0.25, -0.2) is 4.79 Å². The summed E-state index contributed by atoms with van der Waals surface area (Å²) in [6.45, 7) is 15.6. The number of aldehydes is 1. The molecule has 156 valence electrons. The van der Waals surface area contributed by atoms with Crippen molar-refractivity contribution >= 4 is 20.8 Å². The number of carbonyl (C=O) groups excluding carboxylic acids is 2. The van der Waals surface area contributed by atoms with Crippen molar-refractivity contribution in [2.75, 3.05) is 20.8 Å². The van der Waals surface area contributed by atoms with Crippen LogP contribution in [0.5, 0.6) is 11.5 Å². The molecule has 1 aromatic rings. The second kappa shape index (κ2) is 9.38. The first kappa shape index (κ1) is 23.9. The number of rotatable bonds is 10. The molecule has 0 aromatic heterocycles. The van der Waals surface area contributed by atoms with Gasteiger partial charge in [0.15, 0.2) is 6.29 Å². The smallest absolute Gasteiger partial charge is 0.401 e. The molecule has 0 radical (unpaired) electrons. The monoisotopic (exact) mass is 408 g/mol. The Kier molecular flexibility index (Phi) is 8.01. The molecule has 0 fully saturated rings. The van der Waals surface area contributed by atoms with E-state index in [2.05, 4.69) is 34.3 Å². The molecule has 0 saturated carbocycles. The van der Waals surface area contributed by atoms with Crippen LogP contribution in [0.15, 0.2) is 18.7 Å². The molecule has 1 aromatic carbocycles. The molecule has 0 bridgehead atoms. The molecule has 0 heterocycles. The highest BCUT2D eigenvalue weighted by atomic mass is 28.4. The van der Waals surface area contributed by atoms with E-state index in [1.165, 1.54) is 13.2 Å². The van der Waals surface area contributed by atoms with E-state index in [0.717, 1.165) is 0 Å². The van der Waals surface area contributed by atoms with Gasteiger partial charge in [-0.3, -0.25) is 4.79 Å². The number of esters is 1. The number of hydrogen-bond donors (Lipinski definition) is 0. The summed E-state index contributed by atoms with van der Waals surface area (Å²) in [4.78, 5) is 24.6. The summed E-state index contributed by atoms with van der Waals surface area (Å²) in [5.74, 6) is 0.328. The van der Waals surface area contributed by atoms with Gasteiger partial charge < -0.3 is 18.3 Å². The first-order valence-electron chi connectivity index (χ1n) is 9.19. The third kappa shape index (κ3) is 4.47. The van der Waals surface area contributed by atoms with E-state index in [1.54, 1.807) is 20.1 Å². The van der Waals surface area contributed by atoms with Gasteiger partial charge in [-0.15, -0.1) is 0 Å². The standard InChI is InChI=1S/C21H32O6Si/c1-10-11-26-20(23)19-15(4)17(24-7)12-18(16(19)13-22)27-28(9,25-8)21(5,6)14(2)3/h10,12-14H,1,11H2,2-9H3. The maximum absolute atomic E-state index is 12.6. The van der Waals surface area contributed by atoms with Crippen molar-refractivity contribution in [3.05, 3.63) is 35.4 Å². The summed E-state index contributed by atoms with van der Waals surface area (Å²) < 4.78 is 22.8. The fourth-order valence-electron chi connectivity index (χ4n) is 2.81. The zero-order chi connectivity index (χ0) is 21.7. The highest BCUT2D eigenvalue weighted by Gasteiger charge is 2.51. The van der Waals surface area contributed by atoms with Crippen LogP contribution < -0.4 is 9.16 Å². The van der Waals surface area contributed by atoms with Gasteiger partial charge in [0, 0.05) is 23.8 Å². The molecular formula is C21H32O6Si. The molecule has 7 heteroatoms. The molecule has 0 amide bonds. The lowest BCUT2D eigenvalue weighted by atomic mass is 9.99. The first-order chi connectivity index (χ1) is 13.0. The molecule has 0 N–H and O–H groups in total. The number of ether oxygens (including phenoxy) is 2. The molecule has 0 saturated heterocycles. The minimum atomic E-state index is -2.82. The Labute approximate surface area is 169 Å². The van der Waals surface area contributed by atoms with Crippen molar-refractivity contribution in [2.45, 2.75) is 46.2 Å². The van der Waals surface area contributed by atoms with Crippen LogP contribution in [0.1, 0.15) is 54.0 Å². The minimum Gasteiger partial charge on any atom is -0.519 e. The fourth-order valence-corrected chi connectivity index (χ4v) is 5.32. The third-order valence-electron chi connectivity index (χ3n) is 5.72. The second-order valence-corrected chi connectivity index (χ2v) is 11.4. The van der Waals surface area contributed by atoms with E-state index in [4.69, 9.17) is 18.3 Å². The van der Waals surface area contributed by atoms with Crippen LogP contribution in [0.2, 0.25) is 11.6 Å². The van der Waals surface area contributed by atoms with Gasteiger partial charge in [-0.1, -0.05) is 40.3 Å². The van der Waals surface area contributed by atoms with E-state index < -0.39 is 14.5 Å². The highest BCUT2D eigenvalue weighted by molar-refractivity contribution is 6.70. The third-order valence-corrected chi connectivity index (χ3v) is 10.0. The Morgan fingerprint density at radius 3 is 2.32 bits per heavy atom. The summed E-state index contributed by atoms with van der Waals surface area (Å²) in [6, 6.07) is 1.63. The summed E-state index contributed by atoms with van der Waals surface area (Å²) in [6.07, 6.45) is 2.07. The summed E-state index contributed by atoms with van der Waals surface area (Å²) in [7, 11) is 0.288. The Hall–Kier alpha value is -2.12. The lowest BCUT2D eigenvalue weighted by Gasteiger charge is -2.42. The topological polar surface area (TPSA) is 71.1 Å². The Balaban J connectivity index is 3.64. The van der Waals surface area contributed by atoms with E-state index in [1.807, 2.05) is 6.55 Å². The maximum atomic E-state index is 12.6. The second-order valence-electron chi connectivity index (χ2n) is 7.62. The summed E-state index contributed by atoms with van der Waals surface area (Å²) in [5.41, 5.74) is 0.763. The van der Waals surface area contributed by atoms with Gasteiger partial charge in [0.05, 0.1) is 18.2 Å². The van der Waals surface area contributed by atoms with Crippen LogP contribution in [0.4, 0.5) is 0 Å². The molecular weight excluding hydrogens is 376 g/mol. The van der Waals surface area contributed by atoms with Crippen LogP contribution >= 0.6 is 0 Å². The van der Waals surface area contributed by atoms with Crippen molar-refractivity contribution in [3.8, 4) is 11.5 Å². The predicted molar refractivity (Wildman–Crippen MR) is 112 cm³/mol. The van der Waals surface area contributed by atoms with Crippen molar-refractivity contribution in [3.63, 3.8) is 0 Å². The van der Waals surface area contributed by atoms with Crippen molar-refractivity contribution in [1.82, 2.24) is 0 Å². The van der Waals surface area contributed by atoms with Crippen LogP contribution in [0.25, 0.3) is 0 Å². The molecule has 28 heavy (non-hydrogen) atoms. The largest absolute Gasteiger partial charge is 0.519 e. The molecule has 0 aliphatic heterocycles. The van der Waals surface area contributed by atoms with Crippen LogP contribution in [-0.4, -0.2) is 41.6 Å². The van der Waals surface area contributed by atoms with Gasteiger partial charge in [0.1, 0.15) is 18.1 Å². The SMILES string of the molecule is C=CCOC(=O)c1c(C)c(OC)cc(O[Si](C)(OC)C(C)(C)C(C)C)c1C=O. The van der Waals surface area contributed by atoms with Gasteiger partial charge in [0.2, 0.25) is 0 Å². The molecule has 1 rings (SSSR count).